The fraction of sp³-hybridized carbons (Fsp3) is 0.333. The standard InChI is InChI=1S/C12H16N4O2/c1-7(13)6-10-15-11(12(17)18-2)8-4-3-5-9(14)16(8)10/h3-5,7H,6,13-14H2,1-2H3. The number of nitrogen functional groups attached to an aromatic ring is 1. The van der Waals surface area contributed by atoms with Gasteiger partial charge in [-0.05, 0) is 19.1 Å². The first-order chi connectivity index (χ1) is 8.54. The number of esters is 1. The third-order valence-corrected chi connectivity index (χ3v) is 2.65. The zero-order chi connectivity index (χ0) is 13.3. The lowest BCUT2D eigenvalue weighted by Gasteiger charge is -2.06. The van der Waals surface area contributed by atoms with Crippen molar-refractivity contribution in [2.24, 2.45) is 5.73 Å². The van der Waals surface area contributed by atoms with Gasteiger partial charge in [-0.3, -0.25) is 4.40 Å². The maximum Gasteiger partial charge on any atom is 0.358 e. The van der Waals surface area contributed by atoms with Gasteiger partial charge in [-0.2, -0.15) is 0 Å². The number of ether oxygens (including phenoxy) is 1. The number of aromatic nitrogens is 2. The molecule has 96 valence electrons. The van der Waals surface area contributed by atoms with Crippen molar-refractivity contribution in [3.63, 3.8) is 0 Å². The van der Waals surface area contributed by atoms with Crippen molar-refractivity contribution in [2.45, 2.75) is 19.4 Å². The summed E-state index contributed by atoms with van der Waals surface area (Å²) in [6, 6.07) is 5.23. The lowest BCUT2D eigenvalue weighted by Crippen LogP contribution is -2.19. The van der Waals surface area contributed by atoms with Gasteiger partial charge in [-0.15, -0.1) is 0 Å². The van der Waals surface area contributed by atoms with Gasteiger partial charge in [0, 0.05) is 12.5 Å². The number of anilines is 1. The van der Waals surface area contributed by atoms with Crippen LogP contribution < -0.4 is 11.5 Å². The van der Waals surface area contributed by atoms with Gasteiger partial charge in [0.15, 0.2) is 5.69 Å². The molecule has 0 saturated carbocycles. The van der Waals surface area contributed by atoms with Crippen LogP contribution in [0.4, 0.5) is 5.82 Å². The van der Waals surface area contributed by atoms with Gasteiger partial charge >= 0.3 is 5.97 Å². The summed E-state index contributed by atoms with van der Waals surface area (Å²) in [5.74, 6) is 0.707. The first kappa shape index (κ1) is 12.4. The van der Waals surface area contributed by atoms with Crippen LogP contribution in [0.2, 0.25) is 0 Å². The molecule has 0 spiro atoms. The van der Waals surface area contributed by atoms with E-state index < -0.39 is 5.97 Å². The second kappa shape index (κ2) is 4.66. The Bertz CT molecular complexity index is 589. The van der Waals surface area contributed by atoms with Crippen LogP contribution in [0.3, 0.4) is 0 Å². The van der Waals surface area contributed by atoms with Crippen molar-refractivity contribution in [1.82, 2.24) is 9.38 Å². The SMILES string of the molecule is COC(=O)c1nc(CC(C)N)n2c(N)cccc12. The second-order valence-corrected chi connectivity index (χ2v) is 4.22. The van der Waals surface area contributed by atoms with E-state index in [1.54, 1.807) is 22.6 Å². The van der Waals surface area contributed by atoms with E-state index in [4.69, 9.17) is 16.2 Å². The van der Waals surface area contributed by atoms with Gasteiger partial charge in [0.05, 0.1) is 12.6 Å². The minimum atomic E-state index is -0.478. The number of rotatable bonds is 3. The van der Waals surface area contributed by atoms with Crippen LogP contribution in [0.15, 0.2) is 18.2 Å². The smallest absolute Gasteiger partial charge is 0.358 e. The summed E-state index contributed by atoms with van der Waals surface area (Å²) in [5.41, 5.74) is 12.6. The molecule has 1 atom stereocenters. The average Bonchev–Trinajstić information content (AvgIpc) is 2.68. The molecule has 2 aromatic rings. The Morgan fingerprint density at radius 1 is 1.56 bits per heavy atom. The van der Waals surface area contributed by atoms with Crippen LogP contribution in [-0.4, -0.2) is 28.5 Å². The van der Waals surface area contributed by atoms with E-state index in [2.05, 4.69) is 4.98 Å². The van der Waals surface area contributed by atoms with Gasteiger partial charge in [0.25, 0.3) is 0 Å². The van der Waals surface area contributed by atoms with E-state index in [-0.39, 0.29) is 11.7 Å². The van der Waals surface area contributed by atoms with Crippen LogP contribution in [0.25, 0.3) is 5.52 Å². The van der Waals surface area contributed by atoms with Crippen molar-refractivity contribution in [3.05, 3.63) is 29.7 Å². The molecule has 0 saturated heterocycles. The highest BCUT2D eigenvalue weighted by Crippen LogP contribution is 2.19. The number of carbonyl (C=O) groups is 1. The number of pyridine rings is 1. The van der Waals surface area contributed by atoms with Gasteiger partial charge in [-0.1, -0.05) is 6.07 Å². The quantitative estimate of drug-likeness (QED) is 0.775. The van der Waals surface area contributed by atoms with Crippen molar-refractivity contribution in [1.29, 1.82) is 0 Å². The predicted molar refractivity (Wildman–Crippen MR) is 68.3 cm³/mol. The molecule has 2 rings (SSSR count). The molecule has 0 aliphatic heterocycles. The molecular weight excluding hydrogens is 232 g/mol. The molecule has 0 amide bonds. The number of nitrogens with zero attached hydrogens (tertiary/aromatic N) is 2. The number of fused-ring (bicyclic) bond motifs is 1. The summed E-state index contributed by atoms with van der Waals surface area (Å²) in [7, 11) is 1.32. The Morgan fingerprint density at radius 2 is 2.28 bits per heavy atom. The number of imidazole rings is 1. The third kappa shape index (κ3) is 2.02. The highest BCUT2D eigenvalue weighted by Gasteiger charge is 2.19. The maximum absolute atomic E-state index is 11.7. The average molecular weight is 248 g/mol. The Kier molecular flexibility index (Phi) is 3.20. The molecule has 0 aliphatic carbocycles. The number of methoxy groups -OCH3 is 1. The topological polar surface area (TPSA) is 95.6 Å². The predicted octanol–water partition coefficient (Wildman–Crippen LogP) is 0.593. The fourth-order valence-electron chi connectivity index (χ4n) is 1.91. The molecule has 2 aromatic heterocycles. The molecule has 1 unspecified atom stereocenters. The Hall–Kier alpha value is -2.08. The van der Waals surface area contributed by atoms with Crippen molar-refractivity contribution in [2.75, 3.05) is 12.8 Å². The zero-order valence-electron chi connectivity index (χ0n) is 10.4. The van der Waals surface area contributed by atoms with Crippen LogP contribution in [0, 0.1) is 0 Å². The van der Waals surface area contributed by atoms with E-state index in [1.807, 2.05) is 6.92 Å². The highest BCUT2D eigenvalue weighted by atomic mass is 16.5. The van der Waals surface area contributed by atoms with E-state index in [0.717, 1.165) is 0 Å². The zero-order valence-corrected chi connectivity index (χ0v) is 10.4. The Morgan fingerprint density at radius 3 is 2.89 bits per heavy atom. The number of carbonyl (C=O) groups excluding carboxylic acids is 1. The summed E-state index contributed by atoms with van der Waals surface area (Å²) in [5, 5.41) is 0. The van der Waals surface area contributed by atoms with E-state index in [9.17, 15) is 4.79 Å². The van der Waals surface area contributed by atoms with Gasteiger partial charge in [-0.25, -0.2) is 9.78 Å². The lowest BCUT2D eigenvalue weighted by molar-refractivity contribution is 0.0597. The normalized spacial score (nSPS) is 12.6. The molecule has 6 heteroatoms. The Labute approximate surface area is 105 Å². The number of hydrogen-bond acceptors (Lipinski definition) is 5. The fourth-order valence-corrected chi connectivity index (χ4v) is 1.91. The molecule has 4 N–H and O–H groups in total. The minimum absolute atomic E-state index is 0.0688. The largest absolute Gasteiger partial charge is 0.464 e. The molecule has 2 heterocycles. The summed E-state index contributed by atoms with van der Waals surface area (Å²) in [4.78, 5) is 16.0. The molecule has 6 nitrogen and oxygen atoms in total. The molecular formula is C12H16N4O2. The molecule has 0 fully saturated rings. The van der Waals surface area contributed by atoms with Crippen LogP contribution >= 0.6 is 0 Å². The summed E-state index contributed by atoms with van der Waals surface area (Å²) < 4.78 is 6.45. The molecule has 0 radical (unpaired) electrons. The van der Waals surface area contributed by atoms with Gasteiger partial charge in [0.2, 0.25) is 0 Å². The Balaban J connectivity index is 2.67. The molecule has 0 aromatic carbocycles. The summed E-state index contributed by atoms with van der Waals surface area (Å²) >= 11 is 0. The first-order valence-corrected chi connectivity index (χ1v) is 5.64. The van der Waals surface area contributed by atoms with Gasteiger partial charge < -0.3 is 16.2 Å². The monoisotopic (exact) mass is 248 g/mol. The maximum atomic E-state index is 11.7. The van der Waals surface area contributed by atoms with Gasteiger partial charge in [0.1, 0.15) is 11.6 Å². The number of hydrogen-bond donors (Lipinski definition) is 2. The second-order valence-electron chi connectivity index (χ2n) is 4.22. The van der Waals surface area contributed by atoms with Crippen molar-refractivity contribution >= 4 is 17.3 Å². The number of nitrogens with two attached hydrogens (primary N) is 2. The van der Waals surface area contributed by atoms with Crippen molar-refractivity contribution < 1.29 is 9.53 Å². The molecule has 0 bridgehead atoms. The van der Waals surface area contributed by atoms with E-state index in [0.29, 0.717) is 23.6 Å². The highest BCUT2D eigenvalue weighted by molar-refractivity contribution is 5.95. The van der Waals surface area contributed by atoms with E-state index in [1.165, 1.54) is 7.11 Å². The van der Waals surface area contributed by atoms with E-state index >= 15 is 0 Å². The summed E-state index contributed by atoms with van der Waals surface area (Å²) in [6.45, 7) is 1.87. The molecule has 0 aliphatic rings. The molecule has 18 heavy (non-hydrogen) atoms. The third-order valence-electron chi connectivity index (χ3n) is 2.65. The summed E-state index contributed by atoms with van der Waals surface area (Å²) in [6.07, 6.45) is 0.534. The van der Waals surface area contributed by atoms with Crippen LogP contribution in [0.5, 0.6) is 0 Å². The minimum Gasteiger partial charge on any atom is -0.464 e. The van der Waals surface area contributed by atoms with Crippen LogP contribution in [0.1, 0.15) is 23.2 Å². The van der Waals surface area contributed by atoms with Crippen molar-refractivity contribution in [3.8, 4) is 0 Å². The van der Waals surface area contributed by atoms with Crippen LogP contribution in [-0.2, 0) is 11.2 Å². The lowest BCUT2D eigenvalue weighted by atomic mass is 10.2. The first-order valence-electron chi connectivity index (χ1n) is 5.64.